The molecule has 0 fully saturated rings. The summed E-state index contributed by atoms with van der Waals surface area (Å²) in [6.07, 6.45) is 0.858. The highest BCUT2D eigenvalue weighted by molar-refractivity contribution is 7.98. The summed E-state index contributed by atoms with van der Waals surface area (Å²) in [5.41, 5.74) is -0.00558. The molecule has 3 aromatic rings. The van der Waals surface area contributed by atoms with Crippen LogP contribution in [0.1, 0.15) is 27.4 Å². The zero-order valence-corrected chi connectivity index (χ0v) is 17.7. The van der Waals surface area contributed by atoms with Gasteiger partial charge < -0.3 is 14.8 Å². The van der Waals surface area contributed by atoms with Crippen LogP contribution in [0.2, 0.25) is 0 Å². The Kier molecular flexibility index (Phi) is 7.45. The molecule has 1 unspecified atom stereocenters. The van der Waals surface area contributed by atoms with Gasteiger partial charge in [-0.2, -0.15) is 24.9 Å². The quantitative estimate of drug-likeness (QED) is 0.469. The van der Waals surface area contributed by atoms with E-state index in [4.69, 9.17) is 10.8 Å². The van der Waals surface area contributed by atoms with Crippen molar-refractivity contribution in [1.82, 2.24) is 10.3 Å². The number of carbonyl (C=O) groups is 2. The van der Waals surface area contributed by atoms with Crippen molar-refractivity contribution in [2.24, 2.45) is 0 Å². The number of halogens is 3. The minimum Gasteiger partial charge on any atom is -0.480 e. The van der Waals surface area contributed by atoms with Crippen molar-refractivity contribution in [3.63, 3.8) is 0 Å². The number of benzene rings is 2. The number of amides is 1. The number of thioether (sulfide) groups is 1. The van der Waals surface area contributed by atoms with Crippen LogP contribution in [0.15, 0.2) is 59.0 Å². The number of oxazole rings is 1. The third kappa shape index (κ3) is 6.17. The number of rotatable bonds is 8. The smallest absolute Gasteiger partial charge is 0.416 e. The van der Waals surface area contributed by atoms with Gasteiger partial charge in [0.1, 0.15) is 6.04 Å². The van der Waals surface area contributed by atoms with Crippen LogP contribution in [-0.2, 0) is 16.7 Å². The maximum Gasteiger partial charge on any atom is 0.416 e. The first-order valence-corrected chi connectivity index (χ1v) is 10.6. The molecule has 1 heterocycles. The molecular formula is C23H17F3N2O4S. The van der Waals surface area contributed by atoms with Crippen LogP contribution >= 0.6 is 11.8 Å². The Morgan fingerprint density at radius 2 is 1.82 bits per heavy atom. The van der Waals surface area contributed by atoms with E-state index in [2.05, 4.69) is 16.2 Å². The lowest BCUT2D eigenvalue weighted by atomic mass is 10.1. The van der Waals surface area contributed by atoms with Gasteiger partial charge in [0, 0.05) is 17.1 Å². The van der Waals surface area contributed by atoms with Crippen LogP contribution in [0, 0.1) is 12.3 Å². The molecule has 3 rings (SSSR count). The molecule has 0 aliphatic carbocycles. The van der Waals surface area contributed by atoms with Crippen molar-refractivity contribution >= 4 is 23.6 Å². The maximum atomic E-state index is 12.8. The molecule has 2 aromatic carbocycles. The van der Waals surface area contributed by atoms with E-state index in [0.717, 1.165) is 29.8 Å². The largest absolute Gasteiger partial charge is 0.480 e. The second-order valence-electron chi connectivity index (χ2n) is 6.78. The van der Waals surface area contributed by atoms with Crippen molar-refractivity contribution in [2.45, 2.75) is 18.0 Å². The zero-order valence-electron chi connectivity index (χ0n) is 16.9. The molecule has 10 heteroatoms. The van der Waals surface area contributed by atoms with Crippen molar-refractivity contribution in [2.75, 3.05) is 5.75 Å². The Bertz CT molecular complexity index is 1170. The fourth-order valence-corrected chi connectivity index (χ4v) is 3.77. The van der Waals surface area contributed by atoms with Gasteiger partial charge in [-0.3, -0.25) is 4.79 Å². The van der Waals surface area contributed by atoms with Gasteiger partial charge in [-0.15, -0.1) is 6.42 Å². The average molecular weight is 474 g/mol. The van der Waals surface area contributed by atoms with E-state index in [0.29, 0.717) is 5.75 Å². The number of nitrogens with one attached hydrogen (secondary N) is 1. The van der Waals surface area contributed by atoms with Gasteiger partial charge >= 0.3 is 12.1 Å². The number of carbonyl (C=O) groups excluding carboxylic acids is 1. The summed E-state index contributed by atoms with van der Waals surface area (Å²) in [7, 11) is 0. The molecule has 0 saturated carbocycles. The van der Waals surface area contributed by atoms with Gasteiger partial charge in [-0.05, 0) is 35.7 Å². The fourth-order valence-electron chi connectivity index (χ4n) is 2.77. The molecule has 0 aliphatic rings. The highest BCUT2D eigenvalue weighted by atomic mass is 32.2. The number of nitrogens with zero attached hydrogens (tertiary/aromatic N) is 1. The average Bonchev–Trinajstić information content (AvgIpc) is 3.23. The highest BCUT2D eigenvalue weighted by Gasteiger charge is 2.30. The molecule has 0 radical (unpaired) electrons. The Labute approximate surface area is 191 Å². The van der Waals surface area contributed by atoms with Crippen molar-refractivity contribution in [3.05, 3.63) is 77.2 Å². The van der Waals surface area contributed by atoms with Crippen LogP contribution in [0.3, 0.4) is 0 Å². The van der Waals surface area contributed by atoms with E-state index in [1.54, 1.807) is 0 Å². The Balaban J connectivity index is 1.72. The highest BCUT2D eigenvalue weighted by Crippen LogP contribution is 2.31. The summed E-state index contributed by atoms with van der Waals surface area (Å²) >= 11 is 1.32. The predicted molar refractivity (Wildman–Crippen MR) is 116 cm³/mol. The second-order valence-corrected chi connectivity index (χ2v) is 7.81. The number of aliphatic carboxylic acids is 1. The molecule has 0 bridgehead atoms. The number of hydrogen-bond acceptors (Lipinski definition) is 5. The molecule has 1 atom stereocenters. The lowest BCUT2D eigenvalue weighted by Gasteiger charge is -2.13. The zero-order chi connectivity index (χ0) is 24.0. The lowest BCUT2D eigenvalue weighted by Crippen LogP contribution is -2.43. The molecule has 0 aliphatic heterocycles. The van der Waals surface area contributed by atoms with Gasteiger partial charge in [-0.25, -0.2) is 9.78 Å². The number of carboxylic acid groups (broad SMARTS) is 1. The first-order chi connectivity index (χ1) is 15.7. The van der Waals surface area contributed by atoms with E-state index in [1.807, 2.05) is 30.3 Å². The monoisotopic (exact) mass is 474 g/mol. The third-order valence-corrected chi connectivity index (χ3v) is 5.54. The molecule has 1 aromatic heterocycles. The van der Waals surface area contributed by atoms with Crippen LogP contribution in [0.4, 0.5) is 13.2 Å². The topological polar surface area (TPSA) is 92.4 Å². The Morgan fingerprint density at radius 1 is 1.15 bits per heavy atom. The summed E-state index contributed by atoms with van der Waals surface area (Å²) < 4.78 is 43.6. The fraction of sp³-hybridized carbons (Fsp3) is 0.174. The minimum absolute atomic E-state index is 0.0883. The standard InChI is InChI=1S/C23H17F3N2O4S/c1-2-18-19(28-21(32-18)15-8-10-16(11-9-15)23(24,25)26)20(29)27-17(22(30)31)13-33-12-14-6-4-3-5-7-14/h1,3-11,17H,12-13H2,(H,27,29)(H,30,31). The maximum absolute atomic E-state index is 12.8. The molecule has 170 valence electrons. The lowest BCUT2D eigenvalue weighted by molar-refractivity contribution is -0.139. The second kappa shape index (κ2) is 10.3. The molecule has 1 amide bonds. The van der Waals surface area contributed by atoms with Crippen LogP contribution in [0.25, 0.3) is 11.5 Å². The molecule has 6 nitrogen and oxygen atoms in total. The number of hydrogen-bond donors (Lipinski definition) is 2. The van der Waals surface area contributed by atoms with E-state index in [1.165, 1.54) is 11.8 Å². The minimum atomic E-state index is -4.51. The molecule has 2 N–H and O–H groups in total. The number of alkyl halides is 3. The predicted octanol–water partition coefficient (Wildman–Crippen LogP) is 4.46. The van der Waals surface area contributed by atoms with Crippen LogP contribution in [0.5, 0.6) is 0 Å². The number of terminal acetylenes is 1. The van der Waals surface area contributed by atoms with E-state index in [-0.39, 0.29) is 28.7 Å². The summed E-state index contributed by atoms with van der Waals surface area (Å²) in [6, 6.07) is 12.2. The molecular weight excluding hydrogens is 457 g/mol. The number of carboxylic acids is 1. The van der Waals surface area contributed by atoms with Crippen molar-refractivity contribution < 1.29 is 32.3 Å². The van der Waals surface area contributed by atoms with Gasteiger partial charge in [0.05, 0.1) is 5.56 Å². The van der Waals surface area contributed by atoms with Crippen molar-refractivity contribution in [3.8, 4) is 23.8 Å². The Morgan fingerprint density at radius 3 is 2.39 bits per heavy atom. The van der Waals surface area contributed by atoms with Crippen LogP contribution in [-0.4, -0.2) is 33.8 Å². The van der Waals surface area contributed by atoms with Gasteiger partial charge in [0.25, 0.3) is 5.91 Å². The van der Waals surface area contributed by atoms with Crippen molar-refractivity contribution in [1.29, 1.82) is 0 Å². The molecule has 0 saturated heterocycles. The first kappa shape index (κ1) is 23.9. The number of aromatic nitrogens is 1. The third-order valence-electron chi connectivity index (χ3n) is 4.43. The molecule has 0 spiro atoms. The Hall–Kier alpha value is -3.71. The van der Waals surface area contributed by atoms with Gasteiger partial charge in [0.2, 0.25) is 11.7 Å². The summed E-state index contributed by atoms with van der Waals surface area (Å²) in [5.74, 6) is 0.266. The van der Waals surface area contributed by atoms with Gasteiger partial charge in [-0.1, -0.05) is 30.3 Å². The first-order valence-electron chi connectivity index (χ1n) is 9.49. The van der Waals surface area contributed by atoms with Crippen LogP contribution < -0.4 is 5.32 Å². The summed E-state index contributed by atoms with van der Waals surface area (Å²) in [6.45, 7) is 0. The normalized spacial score (nSPS) is 12.1. The van der Waals surface area contributed by atoms with E-state index < -0.39 is 29.7 Å². The van der Waals surface area contributed by atoms with Gasteiger partial charge in [0.15, 0.2) is 5.69 Å². The summed E-state index contributed by atoms with van der Waals surface area (Å²) in [5, 5.41) is 11.8. The summed E-state index contributed by atoms with van der Waals surface area (Å²) in [4.78, 5) is 28.2. The van der Waals surface area contributed by atoms with E-state index >= 15 is 0 Å². The SMILES string of the molecule is C#Cc1oc(-c2ccc(C(F)(F)F)cc2)nc1C(=O)NC(CSCc1ccccc1)C(=O)O. The molecule has 33 heavy (non-hydrogen) atoms. The van der Waals surface area contributed by atoms with E-state index in [9.17, 15) is 27.9 Å².